The number of fused-ring (bicyclic) bond motifs is 4. The van der Waals surface area contributed by atoms with Crippen LogP contribution in [0.3, 0.4) is 0 Å². The molecule has 0 unspecified atom stereocenters. The molecule has 0 aromatic heterocycles. The smallest absolute Gasteiger partial charge is 0.222 e. The van der Waals surface area contributed by atoms with Crippen LogP contribution < -0.4 is 15.4 Å². The van der Waals surface area contributed by atoms with Gasteiger partial charge in [0, 0.05) is 38.3 Å². The molecular weight excluding hydrogens is 414 g/mol. The molecule has 3 fully saturated rings. The molecule has 1 amide bonds. The van der Waals surface area contributed by atoms with Gasteiger partial charge in [0.05, 0.1) is 24.2 Å². The van der Waals surface area contributed by atoms with Gasteiger partial charge >= 0.3 is 0 Å². The molecule has 3 aliphatic rings. The third-order valence-corrected chi connectivity index (χ3v) is 8.30. The number of hydrogen-bond acceptors (Lipinski definition) is 6. The van der Waals surface area contributed by atoms with Gasteiger partial charge in [-0.05, 0) is 55.4 Å². The first-order valence-electron chi connectivity index (χ1n) is 11.3. The summed E-state index contributed by atoms with van der Waals surface area (Å²) in [5, 5.41) is 0. The fraction of sp³-hybridized carbons (Fsp3) is 0.696. The van der Waals surface area contributed by atoms with E-state index in [0.29, 0.717) is 25.5 Å². The van der Waals surface area contributed by atoms with Crippen LogP contribution in [0.15, 0.2) is 24.3 Å². The summed E-state index contributed by atoms with van der Waals surface area (Å²) in [5.41, 5.74) is 6.61. The average Bonchev–Trinajstić information content (AvgIpc) is 2.96. The topological polar surface area (TPSA) is 92.9 Å². The van der Waals surface area contributed by atoms with Crippen molar-refractivity contribution in [2.75, 3.05) is 49.2 Å². The van der Waals surface area contributed by atoms with E-state index >= 15 is 0 Å². The molecule has 174 valence electrons. The first-order valence-corrected chi connectivity index (χ1v) is 13.1. The SMILES string of the molecule is CCOc1ccc(N2C[C@H]3CN(C(=O)CCCS(=O)(=O)CCN)C[C@@H]2C(C)(C)C3)cc1. The molecule has 3 saturated heterocycles. The second-order valence-corrected chi connectivity index (χ2v) is 11.8. The van der Waals surface area contributed by atoms with Gasteiger partial charge in [0.1, 0.15) is 5.75 Å². The average molecular weight is 452 g/mol. The van der Waals surface area contributed by atoms with Gasteiger partial charge in [-0.15, -0.1) is 0 Å². The zero-order valence-electron chi connectivity index (χ0n) is 19.0. The Morgan fingerprint density at radius 1 is 1.16 bits per heavy atom. The Balaban J connectivity index is 1.69. The maximum absolute atomic E-state index is 13.0. The van der Waals surface area contributed by atoms with Crippen molar-refractivity contribution in [1.82, 2.24) is 4.90 Å². The first kappa shape index (κ1) is 23.9. The molecule has 3 aliphatic heterocycles. The number of carbonyl (C=O) groups excluding carboxylic acids is 1. The Bertz CT molecular complexity index is 854. The Morgan fingerprint density at radius 3 is 2.52 bits per heavy atom. The Labute approximate surface area is 186 Å². The molecule has 2 bridgehead atoms. The lowest BCUT2D eigenvalue weighted by Crippen LogP contribution is -2.54. The fourth-order valence-corrected chi connectivity index (χ4v) is 6.25. The van der Waals surface area contributed by atoms with Crippen molar-refractivity contribution in [2.24, 2.45) is 17.1 Å². The second-order valence-electron chi connectivity index (χ2n) is 9.50. The molecule has 3 heterocycles. The van der Waals surface area contributed by atoms with Crippen LogP contribution in [-0.2, 0) is 14.6 Å². The van der Waals surface area contributed by atoms with Crippen molar-refractivity contribution in [3.63, 3.8) is 0 Å². The zero-order valence-corrected chi connectivity index (χ0v) is 19.9. The lowest BCUT2D eigenvalue weighted by molar-refractivity contribution is -0.131. The van der Waals surface area contributed by atoms with Crippen molar-refractivity contribution in [3.05, 3.63) is 24.3 Å². The van der Waals surface area contributed by atoms with Gasteiger partial charge < -0.3 is 20.3 Å². The zero-order chi connectivity index (χ0) is 22.6. The highest BCUT2D eigenvalue weighted by molar-refractivity contribution is 7.91. The summed E-state index contributed by atoms with van der Waals surface area (Å²) in [6.45, 7) is 9.66. The molecule has 2 N–H and O–H groups in total. The van der Waals surface area contributed by atoms with Gasteiger partial charge in [-0.25, -0.2) is 8.42 Å². The van der Waals surface area contributed by atoms with Crippen LogP contribution >= 0.6 is 0 Å². The fourth-order valence-electron chi connectivity index (χ4n) is 5.11. The van der Waals surface area contributed by atoms with Crippen molar-refractivity contribution >= 4 is 21.4 Å². The third kappa shape index (κ3) is 5.92. The lowest BCUT2D eigenvalue weighted by Gasteiger charge is -2.48. The highest BCUT2D eigenvalue weighted by Crippen LogP contribution is 2.43. The summed E-state index contributed by atoms with van der Waals surface area (Å²) in [6, 6.07) is 8.45. The summed E-state index contributed by atoms with van der Waals surface area (Å²) in [4.78, 5) is 17.4. The van der Waals surface area contributed by atoms with Crippen LogP contribution in [0.1, 0.15) is 40.0 Å². The monoisotopic (exact) mass is 451 g/mol. The second kappa shape index (κ2) is 9.77. The Morgan fingerprint density at radius 2 is 1.87 bits per heavy atom. The number of ether oxygens (including phenoxy) is 1. The normalized spacial score (nSPS) is 23.0. The number of benzene rings is 1. The number of nitrogens with two attached hydrogens (primary N) is 1. The Kier molecular flexibility index (Phi) is 7.52. The molecule has 1 aromatic carbocycles. The van der Waals surface area contributed by atoms with E-state index in [9.17, 15) is 13.2 Å². The van der Waals surface area contributed by atoms with Crippen molar-refractivity contribution < 1.29 is 17.9 Å². The van der Waals surface area contributed by atoms with Crippen LogP contribution in [0.25, 0.3) is 0 Å². The molecule has 1 aromatic rings. The summed E-state index contributed by atoms with van der Waals surface area (Å²) >= 11 is 0. The number of amides is 1. The van der Waals surface area contributed by atoms with Gasteiger partial charge in [0.25, 0.3) is 0 Å². The lowest BCUT2D eigenvalue weighted by atomic mass is 9.73. The van der Waals surface area contributed by atoms with Crippen LogP contribution in [0.4, 0.5) is 5.69 Å². The quantitative estimate of drug-likeness (QED) is 0.619. The summed E-state index contributed by atoms with van der Waals surface area (Å²) in [7, 11) is -3.16. The van der Waals surface area contributed by atoms with Gasteiger partial charge in [0.15, 0.2) is 9.84 Å². The van der Waals surface area contributed by atoms with E-state index in [2.05, 4.69) is 30.9 Å². The summed E-state index contributed by atoms with van der Waals surface area (Å²) in [5.74, 6) is 1.34. The van der Waals surface area contributed by atoms with Gasteiger partial charge in [-0.3, -0.25) is 4.79 Å². The van der Waals surface area contributed by atoms with Crippen LogP contribution in [-0.4, -0.2) is 69.6 Å². The Hall–Kier alpha value is -1.80. The molecule has 31 heavy (non-hydrogen) atoms. The molecule has 0 saturated carbocycles. The van der Waals surface area contributed by atoms with Crippen molar-refractivity contribution in [1.29, 1.82) is 0 Å². The van der Waals surface area contributed by atoms with E-state index in [1.54, 1.807) is 0 Å². The number of nitrogens with zero attached hydrogens (tertiary/aromatic N) is 2. The minimum atomic E-state index is -3.16. The highest BCUT2D eigenvalue weighted by atomic mass is 32.2. The predicted octanol–water partition coefficient (Wildman–Crippen LogP) is 2.30. The number of sulfone groups is 1. The first-order chi connectivity index (χ1) is 14.6. The number of carbonyl (C=O) groups is 1. The summed E-state index contributed by atoms with van der Waals surface area (Å²) < 4.78 is 29.4. The standard InChI is InChI=1S/C23H37N3O4S/c1-4-30-20-9-7-19(8-10-20)26-16-18-14-23(2,3)21(26)17-25(15-18)22(27)6-5-12-31(28,29)13-11-24/h7-10,18,21H,4-6,11-17,24H2,1-3H3/t18-,21-/m1/s1. The predicted molar refractivity (Wildman–Crippen MR) is 124 cm³/mol. The van der Waals surface area contributed by atoms with Crippen LogP contribution in [0.5, 0.6) is 5.75 Å². The maximum atomic E-state index is 13.0. The van der Waals surface area contributed by atoms with Crippen molar-refractivity contribution in [3.8, 4) is 5.75 Å². The molecule has 0 radical (unpaired) electrons. The number of rotatable bonds is 9. The minimum Gasteiger partial charge on any atom is -0.494 e. The largest absolute Gasteiger partial charge is 0.494 e. The number of hydrogen-bond donors (Lipinski definition) is 1. The molecule has 0 spiro atoms. The molecular formula is C23H37N3O4S. The van der Waals surface area contributed by atoms with E-state index in [1.807, 2.05) is 24.0 Å². The van der Waals surface area contributed by atoms with E-state index in [0.717, 1.165) is 30.9 Å². The third-order valence-electron chi connectivity index (χ3n) is 6.53. The van der Waals surface area contributed by atoms with E-state index < -0.39 is 9.84 Å². The maximum Gasteiger partial charge on any atom is 0.222 e. The van der Waals surface area contributed by atoms with Gasteiger partial charge in [-0.1, -0.05) is 13.8 Å². The highest BCUT2D eigenvalue weighted by Gasteiger charge is 2.46. The van der Waals surface area contributed by atoms with E-state index in [-0.39, 0.29) is 41.8 Å². The number of piperidine rings is 1. The summed E-state index contributed by atoms with van der Waals surface area (Å²) in [6.07, 6.45) is 1.71. The van der Waals surface area contributed by atoms with Crippen LogP contribution in [0.2, 0.25) is 0 Å². The number of anilines is 1. The molecule has 8 heteroatoms. The minimum absolute atomic E-state index is 0.0136. The van der Waals surface area contributed by atoms with Gasteiger partial charge in [0.2, 0.25) is 5.91 Å². The van der Waals surface area contributed by atoms with E-state index in [4.69, 9.17) is 10.5 Å². The molecule has 0 aliphatic carbocycles. The van der Waals surface area contributed by atoms with Crippen molar-refractivity contribution in [2.45, 2.75) is 46.1 Å². The van der Waals surface area contributed by atoms with Crippen LogP contribution in [0, 0.1) is 11.3 Å². The molecule has 7 nitrogen and oxygen atoms in total. The van der Waals surface area contributed by atoms with E-state index in [1.165, 1.54) is 0 Å². The molecule has 2 atom stereocenters. The van der Waals surface area contributed by atoms with Gasteiger partial charge in [-0.2, -0.15) is 0 Å². The molecule has 4 rings (SSSR count).